The van der Waals surface area contributed by atoms with Gasteiger partial charge in [-0.2, -0.15) is 0 Å². The largest absolute Gasteiger partial charge is 0.337 e. The third kappa shape index (κ3) is 4.14. The molecule has 0 saturated carbocycles. The SMILES string of the molecule is CCn1c(SCC(=O)N(C(C)C)C(C)C)nnc1-c1ccncc1. The maximum Gasteiger partial charge on any atom is 0.233 e. The summed E-state index contributed by atoms with van der Waals surface area (Å²) in [6, 6.07) is 4.20. The summed E-state index contributed by atoms with van der Waals surface area (Å²) in [7, 11) is 0. The summed E-state index contributed by atoms with van der Waals surface area (Å²) in [5.41, 5.74) is 0.975. The molecule has 7 heteroatoms. The van der Waals surface area contributed by atoms with Crippen LogP contribution in [0.15, 0.2) is 29.7 Å². The van der Waals surface area contributed by atoms with Crippen molar-refractivity contribution in [2.24, 2.45) is 0 Å². The molecule has 0 aromatic carbocycles. The van der Waals surface area contributed by atoms with Crippen molar-refractivity contribution < 1.29 is 4.79 Å². The van der Waals surface area contributed by atoms with Crippen LogP contribution in [-0.2, 0) is 11.3 Å². The van der Waals surface area contributed by atoms with Gasteiger partial charge in [0.05, 0.1) is 5.75 Å². The molecular formula is C17H25N5OS. The fourth-order valence-electron chi connectivity index (χ4n) is 2.77. The molecule has 2 aromatic heterocycles. The molecule has 2 aromatic rings. The first-order valence-corrected chi connectivity index (χ1v) is 9.21. The van der Waals surface area contributed by atoms with Crippen LogP contribution in [0.4, 0.5) is 0 Å². The van der Waals surface area contributed by atoms with Crippen molar-refractivity contribution in [1.82, 2.24) is 24.6 Å². The van der Waals surface area contributed by atoms with Crippen LogP contribution >= 0.6 is 11.8 Å². The van der Waals surface area contributed by atoms with E-state index >= 15 is 0 Å². The lowest BCUT2D eigenvalue weighted by atomic mass is 10.2. The predicted molar refractivity (Wildman–Crippen MR) is 96.8 cm³/mol. The molecule has 0 atom stereocenters. The van der Waals surface area contributed by atoms with E-state index in [9.17, 15) is 4.79 Å². The molecule has 0 bridgehead atoms. The van der Waals surface area contributed by atoms with Crippen molar-refractivity contribution in [1.29, 1.82) is 0 Å². The molecular weight excluding hydrogens is 322 g/mol. The number of rotatable bonds is 7. The highest BCUT2D eigenvalue weighted by Gasteiger charge is 2.21. The number of pyridine rings is 1. The molecule has 0 spiro atoms. The Morgan fingerprint density at radius 1 is 1.17 bits per heavy atom. The Hall–Kier alpha value is -1.89. The average Bonchev–Trinajstić information content (AvgIpc) is 2.96. The monoisotopic (exact) mass is 347 g/mol. The van der Waals surface area contributed by atoms with Crippen LogP contribution in [-0.4, -0.2) is 48.4 Å². The summed E-state index contributed by atoms with van der Waals surface area (Å²) in [5.74, 6) is 1.30. The van der Waals surface area contributed by atoms with Crippen LogP contribution in [0.1, 0.15) is 34.6 Å². The number of thioether (sulfide) groups is 1. The fraction of sp³-hybridized carbons (Fsp3) is 0.529. The Morgan fingerprint density at radius 2 is 1.79 bits per heavy atom. The Balaban J connectivity index is 2.14. The molecule has 0 unspecified atom stereocenters. The lowest BCUT2D eigenvalue weighted by molar-refractivity contribution is -0.131. The Bertz CT molecular complexity index is 661. The molecule has 0 aliphatic rings. The van der Waals surface area contributed by atoms with Crippen molar-refractivity contribution >= 4 is 17.7 Å². The van der Waals surface area contributed by atoms with E-state index in [1.165, 1.54) is 11.8 Å². The summed E-state index contributed by atoms with van der Waals surface area (Å²) in [6.45, 7) is 11.0. The number of hydrogen-bond donors (Lipinski definition) is 0. The van der Waals surface area contributed by atoms with Gasteiger partial charge in [-0.15, -0.1) is 10.2 Å². The molecule has 0 saturated heterocycles. The molecule has 2 heterocycles. The van der Waals surface area contributed by atoms with E-state index in [4.69, 9.17) is 0 Å². The predicted octanol–water partition coefficient (Wildman–Crippen LogP) is 3.10. The number of aromatic nitrogens is 4. The summed E-state index contributed by atoms with van der Waals surface area (Å²) in [4.78, 5) is 18.5. The van der Waals surface area contributed by atoms with Gasteiger partial charge in [-0.05, 0) is 46.8 Å². The van der Waals surface area contributed by atoms with Crippen molar-refractivity contribution in [3.63, 3.8) is 0 Å². The van der Waals surface area contributed by atoms with Crippen molar-refractivity contribution in [2.75, 3.05) is 5.75 Å². The maximum absolute atomic E-state index is 12.5. The van der Waals surface area contributed by atoms with Crippen molar-refractivity contribution in [3.8, 4) is 11.4 Å². The minimum absolute atomic E-state index is 0.126. The second-order valence-corrected chi connectivity index (χ2v) is 7.01. The molecule has 6 nitrogen and oxygen atoms in total. The van der Waals surface area contributed by atoms with Crippen LogP contribution in [0.3, 0.4) is 0 Å². The first-order chi connectivity index (χ1) is 11.5. The molecule has 0 aliphatic heterocycles. The first-order valence-electron chi connectivity index (χ1n) is 8.23. The fourth-order valence-corrected chi connectivity index (χ4v) is 3.64. The second-order valence-electron chi connectivity index (χ2n) is 6.06. The summed E-state index contributed by atoms with van der Waals surface area (Å²) < 4.78 is 2.03. The zero-order valence-electron chi connectivity index (χ0n) is 14.9. The number of carbonyl (C=O) groups excluding carboxylic acids is 1. The van der Waals surface area contributed by atoms with Gasteiger partial charge in [-0.25, -0.2) is 0 Å². The molecule has 0 fully saturated rings. The smallest absolute Gasteiger partial charge is 0.233 e. The van der Waals surface area contributed by atoms with E-state index in [1.54, 1.807) is 12.4 Å². The highest BCUT2D eigenvalue weighted by atomic mass is 32.2. The summed E-state index contributed by atoms with van der Waals surface area (Å²) in [6.07, 6.45) is 3.48. The third-order valence-corrected chi connectivity index (χ3v) is 4.65. The van der Waals surface area contributed by atoms with Gasteiger partial charge in [0.2, 0.25) is 5.91 Å². The Morgan fingerprint density at radius 3 is 2.33 bits per heavy atom. The van der Waals surface area contributed by atoms with Gasteiger partial charge in [-0.1, -0.05) is 11.8 Å². The summed E-state index contributed by atoms with van der Waals surface area (Å²) >= 11 is 1.44. The number of hydrogen-bond acceptors (Lipinski definition) is 5. The van der Waals surface area contributed by atoms with Gasteiger partial charge < -0.3 is 9.47 Å². The van der Waals surface area contributed by atoms with Crippen LogP contribution in [0, 0.1) is 0 Å². The first kappa shape index (κ1) is 18.4. The van der Waals surface area contributed by atoms with E-state index < -0.39 is 0 Å². The molecule has 130 valence electrons. The van der Waals surface area contributed by atoms with E-state index in [1.807, 2.05) is 49.3 Å². The quantitative estimate of drug-likeness (QED) is 0.720. The Labute approximate surface area is 147 Å². The van der Waals surface area contributed by atoms with Crippen molar-refractivity contribution in [2.45, 2.75) is 58.4 Å². The van der Waals surface area contributed by atoms with Gasteiger partial charge in [-0.3, -0.25) is 9.78 Å². The molecule has 1 amide bonds. The standard InChI is InChI=1S/C17H25N5OS/c1-6-21-16(14-7-9-18-10-8-14)19-20-17(21)24-11-15(23)22(12(2)3)13(4)5/h7-10,12-13H,6,11H2,1-5H3. The minimum atomic E-state index is 0.126. The molecule has 2 rings (SSSR count). The number of nitrogens with zero attached hydrogens (tertiary/aromatic N) is 5. The molecule has 0 aliphatic carbocycles. The van der Waals surface area contributed by atoms with E-state index in [2.05, 4.69) is 22.1 Å². The van der Waals surface area contributed by atoms with E-state index in [0.29, 0.717) is 5.75 Å². The van der Waals surface area contributed by atoms with E-state index in [0.717, 1.165) is 23.1 Å². The molecule has 0 N–H and O–H groups in total. The van der Waals surface area contributed by atoms with E-state index in [-0.39, 0.29) is 18.0 Å². The van der Waals surface area contributed by atoms with Gasteiger partial charge >= 0.3 is 0 Å². The zero-order chi connectivity index (χ0) is 17.7. The highest BCUT2D eigenvalue weighted by molar-refractivity contribution is 7.99. The van der Waals surface area contributed by atoms with Crippen LogP contribution in [0.2, 0.25) is 0 Å². The van der Waals surface area contributed by atoms with Crippen LogP contribution in [0.5, 0.6) is 0 Å². The normalized spacial score (nSPS) is 11.3. The average molecular weight is 347 g/mol. The van der Waals surface area contributed by atoms with Gasteiger partial charge in [0.1, 0.15) is 0 Å². The lowest BCUT2D eigenvalue weighted by Crippen LogP contribution is -2.43. The van der Waals surface area contributed by atoms with Gasteiger partial charge in [0, 0.05) is 36.6 Å². The minimum Gasteiger partial charge on any atom is -0.337 e. The lowest BCUT2D eigenvalue weighted by Gasteiger charge is -2.30. The topological polar surface area (TPSA) is 63.9 Å². The Kier molecular flexibility index (Phi) is 6.36. The molecule has 0 radical (unpaired) electrons. The van der Waals surface area contributed by atoms with Crippen LogP contribution < -0.4 is 0 Å². The van der Waals surface area contributed by atoms with Gasteiger partial charge in [0.25, 0.3) is 0 Å². The van der Waals surface area contributed by atoms with Crippen molar-refractivity contribution in [3.05, 3.63) is 24.5 Å². The third-order valence-electron chi connectivity index (χ3n) is 3.70. The maximum atomic E-state index is 12.5. The highest BCUT2D eigenvalue weighted by Crippen LogP contribution is 2.24. The van der Waals surface area contributed by atoms with Gasteiger partial charge in [0.15, 0.2) is 11.0 Å². The number of carbonyl (C=O) groups is 1. The van der Waals surface area contributed by atoms with Crippen LogP contribution in [0.25, 0.3) is 11.4 Å². The second kappa shape index (κ2) is 8.28. The zero-order valence-corrected chi connectivity index (χ0v) is 15.7. The molecule has 24 heavy (non-hydrogen) atoms. The number of amides is 1. The summed E-state index contributed by atoms with van der Waals surface area (Å²) in [5, 5.41) is 9.33.